The van der Waals surface area contributed by atoms with Crippen molar-refractivity contribution in [2.24, 2.45) is 23.8 Å². The predicted octanol–water partition coefficient (Wildman–Crippen LogP) is 7.08. The van der Waals surface area contributed by atoms with E-state index >= 15 is 0 Å². The molecule has 2 aromatic carbocycles. The second-order valence-corrected chi connectivity index (χ2v) is 10.3. The number of fused-ring (bicyclic) bond motifs is 2. The fraction of sp³-hybridized carbons (Fsp3) is 0.414. The Morgan fingerprint density at radius 2 is 1.77 bits per heavy atom. The largest absolute Gasteiger partial charge is 0.212 e. The lowest BCUT2D eigenvalue weighted by Crippen LogP contribution is -2.31. The van der Waals surface area contributed by atoms with Gasteiger partial charge in [0.05, 0.1) is 0 Å². The van der Waals surface area contributed by atoms with Crippen molar-refractivity contribution in [3.05, 3.63) is 78.0 Å². The van der Waals surface area contributed by atoms with Crippen molar-refractivity contribution in [2.45, 2.75) is 52.9 Å². The van der Waals surface area contributed by atoms with Gasteiger partial charge in [-0.3, -0.25) is 0 Å². The first kappa shape index (κ1) is 18.4. The molecule has 5 rings (SSSR count). The Balaban J connectivity index is 1.54. The topological polar surface area (TPSA) is 3.88 Å². The van der Waals surface area contributed by atoms with Gasteiger partial charge in [-0.1, -0.05) is 63.2 Å². The van der Waals surface area contributed by atoms with E-state index in [1.165, 1.54) is 46.4 Å². The van der Waals surface area contributed by atoms with Crippen molar-refractivity contribution in [2.75, 3.05) is 0 Å². The van der Waals surface area contributed by atoms with Crippen LogP contribution in [0.4, 0.5) is 0 Å². The van der Waals surface area contributed by atoms with Crippen LogP contribution in [-0.4, -0.2) is 0 Å². The molecule has 1 aromatic heterocycles. The minimum atomic E-state index is -0.501. The Morgan fingerprint density at radius 3 is 2.43 bits per heavy atom. The average molecular weight is 398 g/mol. The normalized spacial score (nSPS) is 29.8. The zero-order valence-corrected chi connectivity index (χ0v) is 19.0. The molecule has 2 aliphatic rings. The molecule has 0 saturated heterocycles. The molecular formula is C29H34N+. The van der Waals surface area contributed by atoms with E-state index in [4.69, 9.17) is 0 Å². The van der Waals surface area contributed by atoms with Crippen LogP contribution >= 0.6 is 0 Å². The average Bonchev–Trinajstić information content (AvgIpc) is 3.07. The van der Waals surface area contributed by atoms with Crippen LogP contribution in [0.25, 0.3) is 22.4 Å². The molecule has 1 heterocycles. The Labute approximate surface area is 183 Å². The predicted molar refractivity (Wildman–Crippen MR) is 125 cm³/mol. The van der Waals surface area contributed by atoms with Gasteiger partial charge in [0.2, 0.25) is 5.69 Å². The molecule has 0 spiro atoms. The Morgan fingerprint density at radius 1 is 0.967 bits per heavy atom. The maximum Gasteiger partial charge on any atom is 0.212 e. The molecule has 2 bridgehead atoms. The van der Waals surface area contributed by atoms with Gasteiger partial charge in [0.15, 0.2) is 6.20 Å². The quantitative estimate of drug-likeness (QED) is 0.416. The number of hydrogen-bond acceptors (Lipinski definition) is 0. The zero-order valence-electron chi connectivity index (χ0n) is 20.0. The third-order valence-electron chi connectivity index (χ3n) is 8.65. The van der Waals surface area contributed by atoms with E-state index in [-0.39, 0.29) is 10.8 Å². The summed E-state index contributed by atoms with van der Waals surface area (Å²) in [5, 5.41) is 0. The summed E-state index contributed by atoms with van der Waals surface area (Å²) in [6, 6.07) is 21.8. The summed E-state index contributed by atoms with van der Waals surface area (Å²) in [6.07, 6.45) is 5.66. The monoisotopic (exact) mass is 397 g/mol. The summed E-state index contributed by atoms with van der Waals surface area (Å²) in [4.78, 5) is 0. The SMILES string of the molecule is [2H]C1(c2cccc(-c3ccc(-c4ccccc4C)[n+](C)c3)c2)CC2CCC1(C)C2(C)C. The number of hydrogen-bond donors (Lipinski definition) is 0. The minimum Gasteiger partial charge on any atom is -0.200 e. The van der Waals surface area contributed by atoms with Gasteiger partial charge in [-0.25, -0.2) is 4.57 Å². The minimum absolute atomic E-state index is 0.0304. The van der Waals surface area contributed by atoms with E-state index in [2.05, 4.69) is 106 Å². The van der Waals surface area contributed by atoms with Crippen LogP contribution in [-0.2, 0) is 7.05 Å². The standard InChI is InChI=1S/C29H34N/c1-20-9-6-7-12-25(20)27-14-13-23(19-30(27)5)21-10-8-11-22(17-21)26-18-24-15-16-29(26,4)28(24,2)3/h6-14,17,19,24,26H,15-16,18H2,1-5H3/q+1/i26D. The van der Waals surface area contributed by atoms with Gasteiger partial charge in [0, 0.05) is 18.6 Å². The van der Waals surface area contributed by atoms with Crippen LogP contribution < -0.4 is 4.57 Å². The highest BCUT2D eigenvalue weighted by Gasteiger charge is 2.61. The molecule has 1 heteroatoms. The molecule has 3 unspecified atom stereocenters. The van der Waals surface area contributed by atoms with Crippen molar-refractivity contribution >= 4 is 0 Å². The third kappa shape index (κ3) is 2.78. The van der Waals surface area contributed by atoms with E-state index in [1.807, 2.05) is 0 Å². The van der Waals surface area contributed by atoms with Crippen LogP contribution in [0.2, 0.25) is 0 Å². The highest BCUT2D eigenvalue weighted by Crippen LogP contribution is 2.70. The lowest BCUT2D eigenvalue weighted by Gasteiger charge is -2.39. The Bertz CT molecular complexity index is 1160. The molecule has 0 amide bonds. The smallest absolute Gasteiger partial charge is 0.200 e. The molecular weight excluding hydrogens is 362 g/mol. The molecule has 154 valence electrons. The lowest BCUT2D eigenvalue weighted by molar-refractivity contribution is -0.659. The molecule has 0 N–H and O–H groups in total. The van der Waals surface area contributed by atoms with Crippen molar-refractivity contribution in [1.82, 2.24) is 0 Å². The summed E-state index contributed by atoms with van der Waals surface area (Å²) < 4.78 is 11.9. The molecule has 0 radical (unpaired) electrons. The second kappa shape index (κ2) is 6.80. The van der Waals surface area contributed by atoms with Crippen molar-refractivity contribution in [1.29, 1.82) is 0 Å². The molecule has 2 aliphatic carbocycles. The van der Waals surface area contributed by atoms with E-state index in [0.29, 0.717) is 5.92 Å². The fourth-order valence-electron chi connectivity index (χ4n) is 6.21. The van der Waals surface area contributed by atoms with Gasteiger partial charge in [-0.2, -0.15) is 0 Å². The van der Waals surface area contributed by atoms with Crippen LogP contribution in [0.15, 0.2) is 66.9 Å². The number of rotatable bonds is 3. The molecule has 2 saturated carbocycles. The first-order valence-electron chi connectivity index (χ1n) is 11.8. The van der Waals surface area contributed by atoms with Crippen LogP contribution in [0.3, 0.4) is 0 Å². The van der Waals surface area contributed by atoms with E-state index < -0.39 is 5.89 Å². The fourth-order valence-corrected chi connectivity index (χ4v) is 6.21. The maximum absolute atomic E-state index is 9.63. The first-order chi connectivity index (χ1) is 14.7. The molecule has 0 aliphatic heterocycles. The molecule has 2 fully saturated rings. The lowest BCUT2D eigenvalue weighted by atomic mass is 9.65. The van der Waals surface area contributed by atoms with Crippen LogP contribution in [0.5, 0.6) is 0 Å². The van der Waals surface area contributed by atoms with Crippen molar-refractivity contribution < 1.29 is 5.94 Å². The molecule has 30 heavy (non-hydrogen) atoms. The summed E-state index contributed by atoms with van der Waals surface area (Å²) in [5.74, 6) is 0.156. The highest BCUT2D eigenvalue weighted by molar-refractivity contribution is 5.66. The number of benzene rings is 2. The molecule has 1 nitrogen and oxygen atoms in total. The number of nitrogens with zero attached hydrogens (tertiary/aromatic N) is 1. The zero-order chi connectivity index (χ0) is 22.0. The summed E-state index contributed by atoms with van der Waals surface area (Å²) in [7, 11) is 2.13. The number of aromatic nitrogens is 1. The Kier molecular flexibility index (Phi) is 4.17. The Hall–Kier alpha value is -2.41. The van der Waals surface area contributed by atoms with Gasteiger partial charge in [0.1, 0.15) is 7.05 Å². The van der Waals surface area contributed by atoms with E-state index in [0.717, 1.165) is 6.42 Å². The van der Waals surface area contributed by atoms with Gasteiger partial charge in [-0.15, -0.1) is 0 Å². The number of aryl methyl sites for hydroxylation is 2. The summed E-state index contributed by atoms with van der Waals surface area (Å²) in [6.45, 7) is 9.33. The van der Waals surface area contributed by atoms with Gasteiger partial charge in [0.25, 0.3) is 0 Å². The van der Waals surface area contributed by atoms with Crippen LogP contribution in [0.1, 0.15) is 58.4 Å². The van der Waals surface area contributed by atoms with Gasteiger partial charge < -0.3 is 0 Å². The van der Waals surface area contributed by atoms with E-state index in [1.54, 1.807) is 0 Å². The number of pyridine rings is 1. The highest BCUT2D eigenvalue weighted by atomic mass is 14.9. The maximum atomic E-state index is 9.63. The summed E-state index contributed by atoms with van der Waals surface area (Å²) in [5.41, 5.74) is 7.64. The van der Waals surface area contributed by atoms with Crippen molar-refractivity contribution in [3.63, 3.8) is 0 Å². The second-order valence-electron chi connectivity index (χ2n) is 10.3. The van der Waals surface area contributed by atoms with E-state index in [9.17, 15) is 1.37 Å². The molecule has 3 atom stereocenters. The van der Waals surface area contributed by atoms with Crippen molar-refractivity contribution in [3.8, 4) is 22.4 Å². The van der Waals surface area contributed by atoms with Gasteiger partial charge in [-0.05, 0) is 77.7 Å². The van der Waals surface area contributed by atoms with Crippen LogP contribution in [0, 0.1) is 23.7 Å². The third-order valence-corrected chi connectivity index (χ3v) is 8.65. The summed E-state index contributed by atoms with van der Waals surface area (Å²) >= 11 is 0. The van der Waals surface area contributed by atoms with Gasteiger partial charge >= 0.3 is 0 Å². The first-order valence-corrected chi connectivity index (χ1v) is 11.3. The molecule has 3 aromatic rings.